The molecule has 3 heteroatoms. The summed E-state index contributed by atoms with van der Waals surface area (Å²) in [5.41, 5.74) is 0. The van der Waals surface area contributed by atoms with Gasteiger partial charge in [0, 0.05) is 54.3 Å². The van der Waals surface area contributed by atoms with E-state index in [2.05, 4.69) is 64.9 Å². The summed E-state index contributed by atoms with van der Waals surface area (Å²) in [6, 6.07) is 0. The predicted octanol–water partition coefficient (Wildman–Crippen LogP) is 7.04. The van der Waals surface area contributed by atoms with Crippen molar-refractivity contribution in [3.05, 3.63) is 0 Å². The standard InChI is InChI=1S/C9H18.C6H12.Fe.I2/c1-7(2)9-6-4-5-8(9)3;1-6-4-2-3-5-6;;1-2/h7-9H,4-6H2,1-3H3;6H,2-5H2,1H3;;. The van der Waals surface area contributed by atoms with Crippen LogP contribution in [0.3, 0.4) is 0 Å². The van der Waals surface area contributed by atoms with Gasteiger partial charge in [-0.2, -0.15) is 0 Å². The molecule has 0 heterocycles. The van der Waals surface area contributed by atoms with Crippen LogP contribution < -0.4 is 0 Å². The smallest absolute Gasteiger partial charge is 0 e. The summed E-state index contributed by atoms with van der Waals surface area (Å²) in [6.07, 6.45) is 10.4. The molecule has 2 aliphatic rings. The molecule has 0 aromatic carbocycles. The predicted molar refractivity (Wildman–Crippen MR) is 97.0 cm³/mol. The Bertz CT molecular complexity index is 168. The first kappa shape index (κ1) is 22.3. The van der Waals surface area contributed by atoms with E-state index in [0.29, 0.717) is 0 Å². The number of halogens is 2. The second kappa shape index (κ2) is 13.9. The zero-order valence-electron chi connectivity index (χ0n) is 12.4. The second-order valence-corrected chi connectivity index (χ2v) is 6.21. The Morgan fingerprint density at radius 3 is 1.50 bits per heavy atom. The molecule has 0 nitrogen and oxygen atoms in total. The van der Waals surface area contributed by atoms with E-state index in [1.807, 2.05) is 0 Å². The summed E-state index contributed by atoms with van der Waals surface area (Å²) in [7, 11) is 0. The third kappa shape index (κ3) is 9.82. The fourth-order valence-corrected chi connectivity index (χ4v) is 3.29. The molecule has 18 heavy (non-hydrogen) atoms. The molecule has 112 valence electrons. The zero-order chi connectivity index (χ0) is 13.3. The Hall–Kier alpha value is 1.98. The summed E-state index contributed by atoms with van der Waals surface area (Å²) in [5.74, 6) is 4.00. The van der Waals surface area contributed by atoms with E-state index in [0.717, 1.165) is 23.7 Å². The molecule has 0 N–H and O–H groups in total. The minimum absolute atomic E-state index is 0. The fourth-order valence-electron chi connectivity index (χ4n) is 3.29. The van der Waals surface area contributed by atoms with Crippen LogP contribution in [0.25, 0.3) is 0 Å². The van der Waals surface area contributed by atoms with E-state index in [1.165, 1.54) is 44.9 Å². The van der Waals surface area contributed by atoms with Crippen molar-refractivity contribution in [2.45, 2.75) is 72.6 Å². The van der Waals surface area contributed by atoms with Crippen LogP contribution in [0.5, 0.6) is 0 Å². The van der Waals surface area contributed by atoms with Crippen LogP contribution in [-0.2, 0) is 17.1 Å². The molecular weight excluding hydrogens is 490 g/mol. The largest absolute Gasteiger partial charge is 0.0625 e. The molecule has 2 rings (SSSR count). The minimum atomic E-state index is 0. The third-order valence-corrected chi connectivity index (χ3v) is 4.43. The quantitative estimate of drug-likeness (QED) is 0.257. The topological polar surface area (TPSA) is 0 Å². The van der Waals surface area contributed by atoms with Gasteiger partial charge in [-0.1, -0.05) is 66.2 Å². The van der Waals surface area contributed by atoms with Crippen molar-refractivity contribution in [2.75, 3.05) is 0 Å². The van der Waals surface area contributed by atoms with Gasteiger partial charge in [0.05, 0.1) is 0 Å². The summed E-state index contributed by atoms with van der Waals surface area (Å²) in [4.78, 5) is 0. The van der Waals surface area contributed by atoms with Gasteiger partial charge in [-0.25, -0.2) is 0 Å². The molecule has 2 aliphatic carbocycles. The fraction of sp³-hybridized carbons (Fsp3) is 1.00. The van der Waals surface area contributed by atoms with Crippen molar-refractivity contribution < 1.29 is 17.1 Å². The Labute approximate surface area is 149 Å². The van der Waals surface area contributed by atoms with E-state index in [-0.39, 0.29) is 17.1 Å². The molecule has 0 aromatic rings. The molecule has 2 unspecified atom stereocenters. The van der Waals surface area contributed by atoms with Gasteiger partial charge < -0.3 is 0 Å². The van der Waals surface area contributed by atoms with Gasteiger partial charge in [0.1, 0.15) is 0 Å². The molecule has 0 saturated heterocycles. The van der Waals surface area contributed by atoms with Crippen molar-refractivity contribution in [3.63, 3.8) is 0 Å². The molecule has 2 fully saturated rings. The van der Waals surface area contributed by atoms with Crippen LogP contribution >= 0.6 is 37.2 Å². The molecule has 2 saturated carbocycles. The minimum Gasteiger partial charge on any atom is -0.0625 e. The molecule has 2 atom stereocenters. The SMILES string of the molecule is CC(C)C1CCCC1C.CC1CCCC1.II.[Fe]. The van der Waals surface area contributed by atoms with Gasteiger partial charge in [0.2, 0.25) is 0 Å². The average molecular weight is 520 g/mol. The van der Waals surface area contributed by atoms with E-state index < -0.39 is 0 Å². The maximum absolute atomic E-state index is 2.40. The van der Waals surface area contributed by atoms with Crippen molar-refractivity contribution >= 4 is 37.2 Å². The Kier molecular flexibility index (Phi) is 17.2. The van der Waals surface area contributed by atoms with Crippen molar-refractivity contribution in [1.82, 2.24) is 0 Å². The molecule has 0 radical (unpaired) electrons. The zero-order valence-corrected chi connectivity index (χ0v) is 17.8. The summed E-state index contributed by atoms with van der Waals surface area (Å²) >= 11 is 4.24. The van der Waals surface area contributed by atoms with E-state index in [1.54, 1.807) is 0 Å². The summed E-state index contributed by atoms with van der Waals surface area (Å²) in [6.45, 7) is 9.45. The molecule has 0 bridgehead atoms. The van der Waals surface area contributed by atoms with Gasteiger partial charge in [-0.15, -0.1) is 0 Å². The molecule has 0 aliphatic heterocycles. The summed E-state index contributed by atoms with van der Waals surface area (Å²) in [5, 5.41) is 0. The first-order valence-corrected chi connectivity index (χ1v) is 13.5. The van der Waals surface area contributed by atoms with Gasteiger partial charge >= 0.3 is 0 Å². The maximum atomic E-state index is 2.40. The van der Waals surface area contributed by atoms with Crippen LogP contribution in [0.4, 0.5) is 0 Å². The van der Waals surface area contributed by atoms with Gasteiger partial charge in [0.15, 0.2) is 0 Å². The molecule has 0 aromatic heterocycles. The maximum Gasteiger partial charge on any atom is 0 e. The Morgan fingerprint density at radius 1 is 0.833 bits per heavy atom. The summed E-state index contributed by atoms with van der Waals surface area (Å²) < 4.78 is 0. The van der Waals surface area contributed by atoms with Crippen LogP contribution in [0.15, 0.2) is 0 Å². The van der Waals surface area contributed by atoms with Crippen molar-refractivity contribution in [2.24, 2.45) is 23.7 Å². The Balaban J connectivity index is 0. The van der Waals surface area contributed by atoms with E-state index in [9.17, 15) is 0 Å². The van der Waals surface area contributed by atoms with Gasteiger partial charge in [-0.05, 0) is 30.1 Å². The second-order valence-electron chi connectivity index (χ2n) is 6.21. The first-order valence-electron chi connectivity index (χ1n) is 7.25. The third-order valence-electron chi connectivity index (χ3n) is 4.43. The van der Waals surface area contributed by atoms with Gasteiger partial charge in [-0.3, -0.25) is 0 Å². The number of hydrogen-bond acceptors (Lipinski definition) is 0. The number of hydrogen-bond donors (Lipinski definition) is 0. The van der Waals surface area contributed by atoms with E-state index in [4.69, 9.17) is 0 Å². The molecule has 0 spiro atoms. The normalized spacial score (nSPS) is 26.8. The van der Waals surface area contributed by atoms with E-state index >= 15 is 0 Å². The van der Waals surface area contributed by atoms with Crippen LogP contribution in [0, 0.1) is 23.7 Å². The average Bonchev–Trinajstić information content (AvgIpc) is 2.93. The van der Waals surface area contributed by atoms with Gasteiger partial charge in [0.25, 0.3) is 0 Å². The Morgan fingerprint density at radius 2 is 1.33 bits per heavy atom. The molecule has 0 amide bonds. The number of rotatable bonds is 1. The van der Waals surface area contributed by atoms with Crippen LogP contribution in [0.1, 0.15) is 72.6 Å². The van der Waals surface area contributed by atoms with Crippen LogP contribution in [-0.4, -0.2) is 0 Å². The van der Waals surface area contributed by atoms with Crippen molar-refractivity contribution in [3.8, 4) is 0 Å². The van der Waals surface area contributed by atoms with Crippen LogP contribution in [0.2, 0.25) is 0 Å². The first-order chi connectivity index (χ1) is 8.11. The molecular formula is C15H30FeI2. The monoisotopic (exact) mass is 520 g/mol. The van der Waals surface area contributed by atoms with Crippen molar-refractivity contribution in [1.29, 1.82) is 0 Å².